The lowest BCUT2D eigenvalue weighted by Gasteiger charge is -2.37. The van der Waals surface area contributed by atoms with Gasteiger partial charge in [-0.3, -0.25) is 9.59 Å². The first-order valence-electron chi connectivity index (χ1n) is 9.86. The third kappa shape index (κ3) is 6.80. The van der Waals surface area contributed by atoms with Crippen LogP contribution in [0.5, 0.6) is 0 Å². The number of nitrogens with one attached hydrogen (secondary N) is 3. The molecule has 0 spiro atoms. The summed E-state index contributed by atoms with van der Waals surface area (Å²) in [6, 6.07) is 16.8. The molecule has 0 bridgehead atoms. The van der Waals surface area contributed by atoms with E-state index in [2.05, 4.69) is 31.9 Å². The molecule has 3 N–H and O–H groups in total. The first-order valence-corrected chi connectivity index (χ1v) is 11.0. The van der Waals surface area contributed by atoms with Crippen molar-refractivity contribution in [1.29, 1.82) is 0 Å². The van der Waals surface area contributed by atoms with Gasteiger partial charge in [-0.15, -0.1) is 0 Å². The van der Waals surface area contributed by atoms with E-state index in [0.29, 0.717) is 11.9 Å². The van der Waals surface area contributed by atoms with Gasteiger partial charge in [-0.05, 0) is 11.1 Å². The highest BCUT2D eigenvalue weighted by Gasteiger charge is 2.42. The topological polar surface area (TPSA) is 106 Å². The van der Waals surface area contributed by atoms with Gasteiger partial charge < -0.3 is 25.4 Å². The molecule has 2 aromatic rings. The van der Waals surface area contributed by atoms with Gasteiger partial charge in [0.25, 0.3) is 0 Å². The van der Waals surface area contributed by atoms with Crippen molar-refractivity contribution in [2.45, 2.75) is 31.3 Å². The van der Waals surface area contributed by atoms with Crippen molar-refractivity contribution in [2.24, 2.45) is 0 Å². The van der Waals surface area contributed by atoms with Gasteiger partial charge in [-0.25, -0.2) is 4.79 Å². The molecule has 1 heterocycles. The second-order valence-electron chi connectivity index (χ2n) is 6.92. The lowest BCUT2D eigenvalue weighted by atomic mass is 10.0. The first-order chi connectivity index (χ1) is 15.1. The first kappa shape index (κ1) is 22.8. The third-order valence-electron chi connectivity index (χ3n) is 4.65. The van der Waals surface area contributed by atoms with E-state index in [1.54, 1.807) is 0 Å². The van der Waals surface area contributed by atoms with Crippen LogP contribution in [0.4, 0.5) is 4.79 Å². The molecular weight excluding hydrogens is 466 g/mol. The number of halogens is 1. The van der Waals surface area contributed by atoms with Crippen molar-refractivity contribution in [2.75, 3.05) is 11.9 Å². The van der Waals surface area contributed by atoms with Crippen molar-refractivity contribution >= 4 is 33.8 Å². The van der Waals surface area contributed by atoms with E-state index in [-0.39, 0.29) is 18.9 Å². The standard InChI is InChI=1S/C22H24BrN3O5/c23-11-12-30-21-18(20(28)26-21)25-19(27)17(13-15-7-3-1-4-8-15)24-22(29)31-14-16-9-5-2-6-10-16/h1-10,17-18,21H,11-14H2,(H,24,29)(H,25,27)(H,26,28)/t17-,18+,21-/m0/s1. The summed E-state index contributed by atoms with van der Waals surface area (Å²) in [5.41, 5.74) is 1.69. The normalized spacial score (nSPS) is 18.3. The molecule has 0 aliphatic carbocycles. The predicted octanol–water partition coefficient (Wildman–Crippen LogP) is 1.88. The van der Waals surface area contributed by atoms with Crippen LogP contribution >= 0.6 is 15.9 Å². The van der Waals surface area contributed by atoms with Crippen LogP contribution in [-0.2, 0) is 32.1 Å². The Bertz CT molecular complexity index is 881. The van der Waals surface area contributed by atoms with Crippen LogP contribution in [0, 0.1) is 0 Å². The minimum absolute atomic E-state index is 0.0832. The van der Waals surface area contributed by atoms with Crippen LogP contribution in [0.25, 0.3) is 0 Å². The number of carbonyl (C=O) groups is 3. The monoisotopic (exact) mass is 489 g/mol. The molecule has 2 aromatic carbocycles. The molecule has 0 unspecified atom stereocenters. The number of alkyl carbamates (subject to hydrolysis) is 1. The van der Waals surface area contributed by atoms with Gasteiger partial charge in [0.1, 0.15) is 12.6 Å². The Hall–Kier alpha value is -2.91. The van der Waals surface area contributed by atoms with Gasteiger partial charge in [-0.2, -0.15) is 0 Å². The Labute approximate surface area is 188 Å². The van der Waals surface area contributed by atoms with Crippen molar-refractivity contribution in [3.8, 4) is 0 Å². The van der Waals surface area contributed by atoms with E-state index < -0.39 is 30.3 Å². The zero-order chi connectivity index (χ0) is 22.1. The highest BCUT2D eigenvalue weighted by molar-refractivity contribution is 9.09. The number of ether oxygens (including phenoxy) is 2. The summed E-state index contributed by atoms with van der Waals surface area (Å²) in [5.74, 6) is -0.828. The molecule has 164 valence electrons. The number of β-lactam (4-membered cyclic amide) rings is 1. The van der Waals surface area contributed by atoms with Crippen LogP contribution in [0.3, 0.4) is 0 Å². The third-order valence-corrected chi connectivity index (χ3v) is 4.97. The number of benzene rings is 2. The summed E-state index contributed by atoms with van der Waals surface area (Å²) in [6.07, 6.45) is -1.07. The zero-order valence-electron chi connectivity index (χ0n) is 16.8. The molecule has 3 rings (SSSR count). The number of alkyl halides is 1. The maximum Gasteiger partial charge on any atom is 0.408 e. The van der Waals surface area contributed by atoms with Crippen LogP contribution in [0.1, 0.15) is 11.1 Å². The maximum absolute atomic E-state index is 12.9. The quantitative estimate of drug-likeness (QED) is 0.349. The average Bonchev–Trinajstić information content (AvgIpc) is 2.79. The van der Waals surface area contributed by atoms with E-state index in [4.69, 9.17) is 9.47 Å². The van der Waals surface area contributed by atoms with E-state index in [1.807, 2.05) is 60.7 Å². The second-order valence-corrected chi connectivity index (χ2v) is 7.72. The largest absolute Gasteiger partial charge is 0.445 e. The minimum Gasteiger partial charge on any atom is -0.445 e. The molecular formula is C22H24BrN3O5. The molecule has 1 aliphatic rings. The van der Waals surface area contributed by atoms with Gasteiger partial charge in [-0.1, -0.05) is 76.6 Å². The average molecular weight is 490 g/mol. The zero-order valence-corrected chi connectivity index (χ0v) is 18.3. The van der Waals surface area contributed by atoms with Crippen molar-refractivity contribution in [3.63, 3.8) is 0 Å². The number of amides is 3. The summed E-state index contributed by atoms with van der Waals surface area (Å²) < 4.78 is 10.7. The maximum atomic E-state index is 12.9. The lowest BCUT2D eigenvalue weighted by molar-refractivity contribution is -0.150. The van der Waals surface area contributed by atoms with E-state index in [0.717, 1.165) is 11.1 Å². The van der Waals surface area contributed by atoms with Crippen LogP contribution < -0.4 is 16.0 Å². The van der Waals surface area contributed by atoms with E-state index >= 15 is 0 Å². The van der Waals surface area contributed by atoms with Gasteiger partial charge in [0, 0.05) is 11.8 Å². The number of hydrogen-bond acceptors (Lipinski definition) is 5. The molecule has 1 saturated heterocycles. The molecule has 0 saturated carbocycles. The Balaban J connectivity index is 1.62. The van der Waals surface area contributed by atoms with E-state index in [1.165, 1.54) is 0 Å². The fourth-order valence-corrected chi connectivity index (χ4v) is 3.21. The van der Waals surface area contributed by atoms with Gasteiger partial charge in [0.05, 0.1) is 6.61 Å². The van der Waals surface area contributed by atoms with Gasteiger partial charge >= 0.3 is 6.09 Å². The number of hydrogen-bond donors (Lipinski definition) is 3. The molecule has 1 fully saturated rings. The summed E-state index contributed by atoms with van der Waals surface area (Å²) in [4.78, 5) is 37.1. The minimum atomic E-state index is -0.920. The fraction of sp³-hybridized carbons (Fsp3) is 0.318. The molecule has 9 heteroatoms. The van der Waals surface area contributed by atoms with Gasteiger partial charge in [0.15, 0.2) is 12.3 Å². The van der Waals surface area contributed by atoms with Crippen molar-refractivity contribution in [3.05, 3.63) is 71.8 Å². The van der Waals surface area contributed by atoms with Crippen LogP contribution in [0.15, 0.2) is 60.7 Å². The van der Waals surface area contributed by atoms with Crippen LogP contribution in [-0.4, -0.2) is 48.2 Å². The molecule has 3 atom stereocenters. The highest BCUT2D eigenvalue weighted by atomic mass is 79.9. The Morgan fingerprint density at radius 3 is 2.29 bits per heavy atom. The Morgan fingerprint density at radius 2 is 1.68 bits per heavy atom. The van der Waals surface area contributed by atoms with Crippen molar-refractivity contribution < 1.29 is 23.9 Å². The smallest absolute Gasteiger partial charge is 0.408 e. The lowest BCUT2D eigenvalue weighted by Crippen LogP contribution is -2.71. The highest BCUT2D eigenvalue weighted by Crippen LogP contribution is 2.11. The Kier molecular flexibility index (Phi) is 8.43. The predicted molar refractivity (Wildman–Crippen MR) is 117 cm³/mol. The summed E-state index contributed by atoms with van der Waals surface area (Å²) >= 11 is 3.25. The van der Waals surface area contributed by atoms with Crippen molar-refractivity contribution in [1.82, 2.24) is 16.0 Å². The SMILES string of the molecule is O=C(N[C@@H](Cc1ccccc1)C(=O)N[C@@H]1C(=O)N[C@H]1OCCBr)OCc1ccccc1. The molecule has 0 aromatic heterocycles. The second kappa shape index (κ2) is 11.5. The molecule has 31 heavy (non-hydrogen) atoms. The molecule has 1 aliphatic heterocycles. The summed E-state index contributed by atoms with van der Waals surface area (Å²) in [5, 5.41) is 8.47. The number of carbonyl (C=O) groups excluding carboxylic acids is 3. The van der Waals surface area contributed by atoms with Crippen LogP contribution in [0.2, 0.25) is 0 Å². The molecule has 3 amide bonds. The molecule has 8 nitrogen and oxygen atoms in total. The molecule has 0 radical (unpaired) electrons. The fourth-order valence-electron chi connectivity index (χ4n) is 3.03. The summed E-state index contributed by atoms with van der Waals surface area (Å²) in [7, 11) is 0. The number of rotatable bonds is 10. The summed E-state index contributed by atoms with van der Waals surface area (Å²) in [6.45, 7) is 0.467. The van der Waals surface area contributed by atoms with Gasteiger partial charge in [0.2, 0.25) is 11.8 Å². The Morgan fingerprint density at radius 1 is 1.03 bits per heavy atom. The van der Waals surface area contributed by atoms with E-state index in [9.17, 15) is 14.4 Å².